The van der Waals surface area contributed by atoms with Crippen LogP contribution in [0.25, 0.3) is 0 Å². The van der Waals surface area contributed by atoms with E-state index < -0.39 is 16.1 Å². The highest BCUT2D eigenvalue weighted by molar-refractivity contribution is 7.89. The molecule has 0 spiro atoms. The van der Waals surface area contributed by atoms with Gasteiger partial charge < -0.3 is 4.90 Å². The average molecular weight is 365 g/mol. The first-order valence-electron chi connectivity index (χ1n) is 9.16. The number of rotatable bonds is 3. The van der Waals surface area contributed by atoms with Crippen LogP contribution in [0.1, 0.15) is 38.7 Å². The molecule has 25 heavy (non-hydrogen) atoms. The van der Waals surface area contributed by atoms with Crippen LogP contribution in [0.5, 0.6) is 0 Å². The summed E-state index contributed by atoms with van der Waals surface area (Å²) in [5, 5.41) is 0. The van der Waals surface area contributed by atoms with Crippen molar-refractivity contribution in [2.24, 2.45) is 11.8 Å². The molecule has 138 valence electrons. The molecule has 2 aliphatic rings. The number of aryl methyl sites for hydroxylation is 1. The number of sulfonamides is 1. The van der Waals surface area contributed by atoms with Gasteiger partial charge in [-0.2, -0.15) is 4.31 Å². The van der Waals surface area contributed by atoms with Crippen molar-refractivity contribution in [3.05, 3.63) is 29.8 Å². The van der Waals surface area contributed by atoms with Crippen molar-refractivity contribution in [3.63, 3.8) is 0 Å². The molecule has 0 bridgehead atoms. The van der Waals surface area contributed by atoms with E-state index in [1.54, 1.807) is 24.3 Å². The minimum atomic E-state index is -3.63. The van der Waals surface area contributed by atoms with Crippen molar-refractivity contribution < 1.29 is 13.2 Å². The molecule has 0 radical (unpaired) electrons. The fourth-order valence-corrected chi connectivity index (χ4v) is 5.82. The van der Waals surface area contributed by atoms with Gasteiger partial charge in [-0.05, 0) is 50.2 Å². The number of hydrogen-bond acceptors (Lipinski definition) is 3. The van der Waals surface area contributed by atoms with Gasteiger partial charge in [0, 0.05) is 19.6 Å². The van der Waals surface area contributed by atoms with Crippen molar-refractivity contribution in [3.8, 4) is 0 Å². The molecule has 0 saturated carbocycles. The first-order valence-corrected chi connectivity index (χ1v) is 10.6. The van der Waals surface area contributed by atoms with Gasteiger partial charge in [0.15, 0.2) is 0 Å². The SMILES string of the molecule is Cc1ccc(S(=O)(=O)N2CCCC2C(=O)N2CC(C)CC(C)C2)cc1. The summed E-state index contributed by atoms with van der Waals surface area (Å²) in [5.41, 5.74) is 1.02. The second-order valence-electron chi connectivity index (χ2n) is 7.78. The van der Waals surface area contributed by atoms with Gasteiger partial charge in [0.1, 0.15) is 6.04 Å². The largest absolute Gasteiger partial charge is 0.341 e. The van der Waals surface area contributed by atoms with Crippen LogP contribution >= 0.6 is 0 Å². The van der Waals surface area contributed by atoms with E-state index in [2.05, 4.69) is 13.8 Å². The Hall–Kier alpha value is -1.40. The molecule has 1 amide bonds. The molecule has 0 aromatic heterocycles. The Morgan fingerprint density at radius 2 is 1.68 bits per heavy atom. The van der Waals surface area contributed by atoms with E-state index in [1.165, 1.54) is 4.31 Å². The summed E-state index contributed by atoms with van der Waals surface area (Å²) in [6, 6.07) is 6.32. The second-order valence-corrected chi connectivity index (χ2v) is 9.67. The van der Waals surface area contributed by atoms with Crippen LogP contribution in [-0.4, -0.2) is 49.2 Å². The van der Waals surface area contributed by atoms with E-state index in [0.29, 0.717) is 24.8 Å². The van der Waals surface area contributed by atoms with E-state index in [0.717, 1.165) is 31.5 Å². The number of amides is 1. The number of carbonyl (C=O) groups excluding carboxylic acids is 1. The number of likely N-dealkylation sites (tertiary alicyclic amines) is 1. The summed E-state index contributed by atoms with van der Waals surface area (Å²) < 4.78 is 27.5. The molecule has 6 heteroatoms. The summed E-state index contributed by atoms with van der Waals surface area (Å²) in [6.45, 7) is 8.13. The third kappa shape index (κ3) is 3.75. The molecule has 3 unspecified atom stereocenters. The van der Waals surface area contributed by atoms with E-state index in [-0.39, 0.29) is 10.8 Å². The van der Waals surface area contributed by atoms with Crippen LogP contribution < -0.4 is 0 Å². The second kappa shape index (κ2) is 7.08. The number of benzene rings is 1. The van der Waals surface area contributed by atoms with Gasteiger partial charge in [0.05, 0.1) is 4.90 Å². The van der Waals surface area contributed by atoms with Crippen LogP contribution in [-0.2, 0) is 14.8 Å². The summed E-state index contributed by atoms with van der Waals surface area (Å²) >= 11 is 0. The van der Waals surface area contributed by atoms with Crippen LogP contribution in [0.4, 0.5) is 0 Å². The number of carbonyl (C=O) groups is 1. The van der Waals surface area contributed by atoms with Gasteiger partial charge >= 0.3 is 0 Å². The maximum atomic E-state index is 13.1. The van der Waals surface area contributed by atoms with Crippen molar-refractivity contribution in [1.82, 2.24) is 9.21 Å². The van der Waals surface area contributed by atoms with Gasteiger partial charge in [0.25, 0.3) is 0 Å². The van der Waals surface area contributed by atoms with Gasteiger partial charge in [-0.3, -0.25) is 4.79 Å². The van der Waals surface area contributed by atoms with Crippen molar-refractivity contribution in [2.75, 3.05) is 19.6 Å². The Labute approximate surface area is 151 Å². The smallest absolute Gasteiger partial charge is 0.243 e. The predicted octanol–water partition coefficient (Wildman–Crippen LogP) is 2.65. The van der Waals surface area contributed by atoms with E-state index >= 15 is 0 Å². The predicted molar refractivity (Wildman–Crippen MR) is 97.6 cm³/mol. The lowest BCUT2D eigenvalue weighted by molar-refractivity contribution is -0.137. The zero-order valence-electron chi connectivity index (χ0n) is 15.3. The fourth-order valence-electron chi connectivity index (χ4n) is 4.17. The van der Waals surface area contributed by atoms with Gasteiger partial charge in [-0.25, -0.2) is 8.42 Å². The van der Waals surface area contributed by atoms with Gasteiger partial charge in [-0.15, -0.1) is 0 Å². The Kier molecular flexibility index (Phi) is 5.21. The first-order chi connectivity index (χ1) is 11.8. The highest BCUT2D eigenvalue weighted by Gasteiger charge is 2.42. The number of nitrogens with zero attached hydrogens (tertiary/aromatic N) is 2. The standard InChI is InChI=1S/C19H28N2O3S/c1-14-6-8-17(9-7-14)25(23,24)21-10-4-5-18(21)19(22)20-12-15(2)11-16(3)13-20/h6-9,15-16,18H,4-5,10-13H2,1-3H3. The molecule has 3 atom stereocenters. The van der Waals surface area contributed by atoms with Crippen LogP contribution in [0.2, 0.25) is 0 Å². The minimum absolute atomic E-state index is 0.0217. The molecule has 1 aromatic carbocycles. The van der Waals surface area contributed by atoms with Gasteiger partial charge in [-0.1, -0.05) is 31.5 Å². The molecule has 2 aliphatic heterocycles. The summed E-state index contributed by atoms with van der Waals surface area (Å²) in [6.07, 6.45) is 2.48. The third-order valence-corrected chi connectivity index (χ3v) is 7.22. The molecule has 2 fully saturated rings. The Bertz CT molecular complexity index is 720. The number of hydrogen-bond donors (Lipinski definition) is 0. The maximum Gasteiger partial charge on any atom is 0.243 e. The van der Waals surface area contributed by atoms with Crippen molar-refractivity contribution in [2.45, 2.75) is 51.0 Å². The third-order valence-electron chi connectivity index (χ3n) is 5.30. The molecule has 0 aliphatic carbocycles. The van der Waals surface area contributed by atoms with E-state index in [9.17, 15) is 13.2 Å². The van der Waals surface area contributed by atoms with Crippen LogP contribution in [0.15, 0.2) is 29.2 Å². The topological polar surface area (TPSA) is 57.7 Å². The Balaban J connectivity index is 1.82. The van der Waals surface area contributed by atoms with Crippen LogP contribution in [0.3, 0.4) is 0 Å². The lowest BCUT2D eigenvalue weighted by Crippen LogP contribution is -2.51. The van der Waals surface area contributed by atoms with Gasteiger partial charge in [0.2, 0.25) is 15.9 Å². The first kappa shape index (κ1) is 18.4. The monoisotopic (exact) mass is 364 g/mol. The summed E-state index contributed by atoms with van der Waals surface area (Å²) in [7, 11) is -3.63. The minimum Gasteiger partial charge on any atom is -0.341 e. The van der Waals surface area contributed by atoms with Crippen molar-refractivity contribution in [1.29, 1.82) is 0 Å². The highest BCUT2D eigenvalue weighted by atomic mass is 32.2. The quantitative estimate of drug-likeness (QED) is 0.828. The maximum absolute atomic E-state index is 13.1. The lowest BCUT2D eigenvalue weighted by atomic mass is 9.91. The van der Waals surface area contributed by atoms with E-state index in [4.69, 9.17) is 0 Å². The lowest BCUT2D eigenvalue weighted by Gasteiger charge is -2.37. The fraction of sp³-hybridized carbons (Fsp3) is 0.632. The Morgan fingerprint density at radius 3 is 2.28 bits per heavy atom. The van der Waals surface area contributed by atoms with Crippen LogP contribution in [0, 0.1) is 18.8 Å². The normalized spacial score (nSPS) is 28.3. The molecule has 0 N–H and O–H groups in total. The average Bonchev–Trinajstić information content (AvgIpc) is 3.04. The Morgan fingerprint density at radius 1 is 1.08 bits per heavy atom. The number of piperidine rings is 1. The van der Waals surface area contributed by atoms with Crippen molar-refractivity contribution >= 4 is 15.9 Å². The zero-order valence-corrected chi connectivity index (χ0v) is 16.1. The molecule has 1 aromatic rings. The van der Waals surface area contributed by atoms with E-state index in [1.807, 2.05) is 11.8 Å². The molecular weight excluding hydrogens is 336 g/mol. The molecular formula is C19H28N2O3S. The zero-order chi connectivity index (χ0) is 18.2. The molecule has 3 rings (SSSR count). The molecule has 2 heterocycles. The highest BCUT2D eigenvalue weighted by Crippen LogP contribution is 2.29. The molecule has 2 saturated heterocycles. The summed E-state index contributed by atoms with van der Waals surface area (Å²) in [4.78, 5) is 15.2. The molecule has 5 nitrogen and oxygen atoms in total. The summed E-state index contributed by atoms with van der Waals surface area (Å²) in [5.74, 6) is 0.916.